The lowest BCUT2D eigenvalue weighted by Crippen LogP contribution is -2.34. The van der Waals surface area contributed by atoms with Crippen LogP contribution in [0, 0.1) is 6.92 Å². The van der Waals surface area contributed by atoms with Gasteiger partial charge in [0.15, 0.2) is 0 Å². The number of carbonyl (C=O) groups excluding carboxylic acids is 1. The number of hydrogen-bond donors (Lipinski definition) is 3. The monoisotopic (exact) mass is 364 g/mol. The number of carboxylic acid groups (broad SMARTS) is 1. The molecule has 0 aliphatic rings. The van der Waals surface area contributed by atoms with Gasteiger partial charge in [-0.15, -0.1) is 11.3 Å². The summed E-state index contributed by atoms with van der Waals surface area (Å²) in [6, 6.07) is -0.522. The molecular formula is C16H20N4O4S. The summed E-state index contributed by atoms with van der Waals surface area (Å²) in [7, 11) is 0. The highest BCUT2D eigenvalue weighted by molar-refractivity contribution is 7.13. The van der Waals surface area contributed by atoms with Gasteiger partial charge in [-0.2, -0.15) is 5.10 Å². The minimum absolute atomic E-state index is 0.0490. The third-order valence-corrected chi connectivity index (χ3v) is 5.14. The summed E-state index contributed by atoms with van der Waals surface area (Å²) in [5.41, 5.74) is 1.21. The van der Waals surface area contributed by atoms with Crippen molar-refractivity contribution < 1.29 is 14.7 Å². The van der Waals surface area contributed by atoms with Gasteiger partial charge in [0.1, 0.15) is 15.4 Å². The second kappa shape index (κ2) is 7.56. The van der Waals surface area contributed by atoms with Crippen LogP contribution in [-0.2, 0) is 12.8 Å². The first-order valence-electron chi connectivity index (χ1n) is 7.91. The molecule has 0 radical (unpaired) electrons. The summed E-state index contributed by atoms with van der Waals surface area (Å²) >= 11 is 1.01. The van der Waals surface area contributed by atoms with Crippen LogP contribution in [0.25, 0.3) is 0 Å². The lowest BCUT2D eigenvalue weighted by molar-refractivity contribution is 0.0701. The van der Waals surface area contributed by atoms with E-state index in [1.165, 1.54) is 0 Å². The van der Waals surface area contributed by atoms with Crippen LogP contribution in [0.5, 0.6) is 0 Å². The molecule has 0 spiro atoms. The number of carboxylic acids is 1. The molecule has 0 fully saturated rings. The second-order valence-corrected chi connectivity index (χ2v) is 6.56. The molecule has 0 saturated carbocycles. The average molecular weight is 364 g/mol. The molecule has 2 rings (SSSR count). The van der Waals surface area contributed by atoms with Crippen molar-refractivity contribution in [2.45, 2.75) is 46.6 Å². The van der Waals surface area contributed by atoms with Crippen molar-refractivity contribution in [2.75, 3.05) is 0 Å². The third-order valence-electron chi connectivity index (χ3n) is 3.81. The molecule has 2 aromatic rings. The number of rotatable bonds is 6. The van der Waals surface area contributed by atoms with Crippen molar-refractivity contribution >= 4 is 23.2 Å². The average Bonchev–Trinajstić information content (AvgIpc) is 2.96. The number of carbonyl (C=O) groups is 2. The zero-order valence-electron chi connectivity index (χ0n) is 14.5. The summed E-state index contributed by atoms with van der Waals surface area (Å²) in [6.07, 6.45) is 1.11. The molecule has 1 atom stereocenters. The van der Waals surface area contributed by atoms with Crippen LogP contribution in [-0.4, -0.2) is 32.2 Å². The SMILES string of the molecule is CCc1n[nH]c(=O)c(C(=O)NC(C)c2nc(C)c(C(=O)O)s2)c1CC. The number of amides is 1. The highest BCUT2D eigenvalue weighted by Gasteiger charge is 2.23. The topological polar surface area (TPSA) is 125 Å². The predicted octanol–water partition coefficient (Wildman–Crippen LogP) is 1.85. The molecule has 134 valence electrons. The molecule has 0 bridgehead atoms. The van der Waals surface area contributed by atoms with Gasteiger partial charge in [-0.05, 0) is 32.3 Å². The maximum atomic E-state index is 12.6. The molecule has 2 heterocycles. The van der Waals surface area contributed by atoms with Gasteiger partial charge in [-0.3, -0.25) is 9.59 Å². The summed E-state index contributed by atoms with van der Waals surface area (Å²) in [5.74, 6) is -1.57. The third kappa shape index (κ3) is 3.76. The molecular weight excluding hydrogens is 344 g/mol. The number of H-pyrrole nitrogens is 1. The molecule has 8 nitrogen and oxygen atoms in total. The fraction of sp³-hybridized carbons (Fsp3) is 0.438. The van der Waals surface area contributed by atoms with Gasteiger partial charge in [0, 0.05) is 0 Å². The van der Waals surface area contributed by atoms with Gasteiger partial charge in [-0.25, -0.2) is 14.9 Å². The summed E-state index contributed by atoms with van der Waals surface area (Å²) in [5, 5.41) is 18.7. The van der Waals surface area contributed by atoms with Crippen LogP contribution in [0.15, 0.2) is 4.79 Å². The molecule has 3 N–H and O–H groups in total. The largest absolute Gasteiger partial charge is 0.477 e. The molecule has 0 aromatic carbocycles. The normalized spacial score (nSPS) is 12.0. The van der Waals surface area contributed by atoms with Crippen LogP contribution in [0.3, 0.4) is 0 Å². The van der Waals surface area contributed by atoms with Crippen LogP contribution in [0.4, 0.5) is 0 Å². The Labute approximate surface area is 148 Å². The molecule has 1 unspecified atom stereocenters. The van der Waals surface area contributed by atoms with E-state index in [0.717, 1.165) is 11.3 Å². The van der Waals surface area contributed by atoms with Crippen molar-refractivity contribution in [3.63, 3.8) is 0 Å². The van der Waals surface area contributed by atoms with Crippen molar-refractivity contribution in [3.8, 4) is 0 Å². The minimum atomic E-state index is -1.05. The van der Waals surface area contributed by atoms with Crippen molar-refractivity contribution in [2.24, 2.45) is 0 Å². The number of hydrogen-bond acceptors (Lipinski definition) is 6. The van der Waals surface area contributed by atoms with Gasteiger partial charge < -0.3 is 10.4 Å². The van der Waals surface area contributed by atoms with Gasteiger partial charge in [0.2, 0.25) is 0 Å². The lowest BCUT2D eigenvalue weighted by atomic mass is 10.0. The Kier molecular flexibility index (Phi) is 5.68. The Hall–Kier alpha value is -2.55. The number of thiazole rings is 1. The molecule has 9 heteroatoms. The maximum Gasteiger partial charge on any atom is 0.347 e. The lowest BCUT2D eigenvalue weighted by Gasteiger charge is -2.14. The van der Waals surface area contributed by atoms with E-state index in [2.05, 4.69) is 20.5 Å². The molecule has 0 aliphatic carbocycles. The summed E-state index contributed by atoms with van der Waals surface area (Å²) < 4.78 is 0. The zero-order valence-corrected chi connectivity index (χ0v) is 15.3. The van der Waals surface area contributed by atoms with Crippen LogP contribution < -0.4 is 10.9 Å². The Balaban J connectivity index is 2.32. The van der Waals surface area contributed by atoms with Crippen LogP contribution >= 0.6 is 11.3 Å². The highest BCUT2D eigenvalue weighted by atomic mass is 32.1. The van der Waals surface area contributed by atoms with Crippen molar-refractivity contribution in [3.05, 3.63) is 42.8 Å². The van der Waals surface area contributed by atoms with E-state index in [9.17, 15) is 14.4 Å². The van der Waals surface area contributed by atoms with Gasteiger partial charge in [0.25, 0.3) is 11.5 Å². The summed E-state index contributed by atoms with van der Waals surface area (Å²) in [6.45, 7) is 7.06. The number of aromatic carboxylic acids is 1. The quantitative estimate of drug-likeness (QED) is 0.718. The fourth-order valence-electron chi connectivity index (χ4n) is 2.57. The number of nitrogens with zero attached hydrogens (tertiary/aromatic N) is 2. The van der Waals surface area contributed by atoms with Crippen molar-refractivity contribution in [1.82, 2.24) is 20.5 Å². The Morgan fingerprint density at radius 1 is 1.32 bits per heavy atom. The van der Waals surface area contributed by atoms with Crippen LogP contribution in [0.2, 0.25) is 0 Å². The first-order chi connectivity index (χ1) is 11.8. The first-order valence-corrected chi connectivity index (χ1v) is 8.73. The van der Waals surface area contributed by atoms with Crippen molar-refractivity contribution in [1.29, 1.82) is 0 Å². The van der Waals surface area contributed by atoms with E-state index < -0.39 is 23.5 Å². The summed E-state index contributed by atoms with van der Waals surface area (Å²) in [4.78, 5) is 40.2. The first kappa shape index (κ1) is 18.8. The smallest absolute Gasteiger partial charge is 0.347 e. The van der Waals surface area contributed by atoms with E-state index in [0.29, 0.717) is 34.8 Å². The fourth-order valence-corrected chi connectivity index (χ4v) is 3.48. The maximum absolute atomic E-state index is 12.6. The van der Waals surface area contributed by atoms with Gasteiger partial charge >= 0.3 is 5.97 Å². The van der Waals surface area contributed by atoms with E-state index in [1.807, 2.05) is 13.8 Å². The van der Waals surface area contributed by atoms with E-state index in [-0.39, 0.29) is 10.4 Å². The minimum Gasteiger partial charge on any atom is -0.477 e. The second-order valence-electron chi connectivity index (χ2n) is 5.53. The van der Waals surface area contributed by atoms with E-state index in [4.69, 9.17) is 5.11 Å². The molecule has 0 aliphatic heterocycles. The van der Waals surface area contributed by atoms with Gasteiger partial charge in [0.05, 0.1) is 17.4 Å². The number of aryl methyl sites for hydroxylation is 2. The molecule has 25 heavy (non-hydrogen) atoms. The number of aromatic nitrogens is 3. The van der Waals surface area contributed by atoms with E-state index >= 15 is 0 Å². The molecule has 2 aromatic heterocycles. The Morgan fingerprint density at radius 2 is 2.00 bits per heavy atom. The molecule has 1 amide bonds. The Bertz CT molecular complexity index is 872. The van der Waals surface area contributed by atoms with E-state index in [1.54, 1.807) is 13.8 Å². The standard InChI is InChI=1S/C16H20N4O4S/c1-5-9-10(6-2)19-20-14(22)11(9)13(21)17-8(4)15-18-7(3)12(25-15)16(23)24/h8H,5-6H2,1-4H3,(H,17,21)(H,20,22)(H,23,24). The number of nitrogens with one attached hydrogen (secondary N) is 2. The number of aromatic amines is 1. The molecule has 0 saturated heterocycles. The predicted molar refractivity (Wildman–Crippen MR) is 93.3 cm³/mol. The van der Waals surface area contributed by atoms with Gasteiger partial charge in [-0.1, -0.05) is 13.8 Å². The van der Waals surface area contributed by atoms with Crippen LogP contribution in [0.1, 0.15) is 68.8 Å². The highest BCUT2D eigenvalue weighted by Crippen LogP contribution is 2.24. The Morgan fingerprint density at radius 3 is 2.52 bits per heavy atom. The zero-order chi connectivity index (χ0) is 18.7.